The number of aryl methyl sites for hydroxylation is 1. The van der Waals surface area contributed by atoms with Crippen molar-refractivity contribution >= 4 is 29.2 Å². The lowest BCUT2D eigenvalue weighted by Gasteiger charge is -2.12. The summed E-state index contributed by atoms with van der Waals surface area (Å²) in [7, 11) is 1.35. The fraction of sp³-hybridized carbons (Fsp3) is 0.533. The Labute approximate surface area is 140 Å². The lowest BCUT2D eigenvalue weighted by Crippen LogP contribution is -2.09. The summed E-state index contributed by atoms with van der Waals surface area (Å²) in [5.41, 5.74) is 0.840. The maximum absolute atomic E-state index is 11.1. The molecule has 0 atom stereocenters. The van der Waals surface area contributed by atoms with Gasteiger partial charge in [0.1, 0.15) is 6.61 Å². The van der Waals surface area contributed by atoms with Gasteiger partial charge in [0.15, 0.2) is 5.75 Å². The summed E-state index contributed by atoms with van der Waals surface area (Å²) in [6.07, 6.45) is 1.36. The Balaban J connectivity index is 2.49. The van der Waals surface area contributed by atoms with Gasteiger partial charge in [0.2, 0.25) is 0 Å². The molecule has 0 unspecified atom stereocenters. The summed E-state index contributed by atoms with van der Waals surface area (Å²) in [5, 5.41) is 9.40. The molecule has 1 rings (SSSR count). The predicted molar refractivity (Wildman–Crippen MR) is 84.8 cm³/mol. The highest BCUT2D eigenvalue weighted by molar-refractivity contribution is 6.37. The van der Waals surface area contributed by atoms with Gasteiger partial charge in [-0.15, -0.1) is 0 Å². The van der Waals surface area contributed by atoms with Gasteiger partial charge in [0.05, 0.1) is 23.8 Å². The number of hydrogen-bond acceptors (Lipinski definition) is 5. The maximum atomic E-state index is 11.1. The van der Waals surface area contributed by atoms with Crippen LogP contribution in [0.3, 0.4) is 0 Å². The van der Waals surface area contributed by atoms with Gasteiger partial charge in [0.25, 0.3) is 0 Å². The number of halogens is 2. The van der Waals surface area contributed by atoms with Crippen molar-refractivity contribution in [2.24, 2.45) is 0 Å². The first kappa shape index (κ1) is 19.0. The van der Waals surface area contributed by atoms with E-state index < -0.39 is 0 Å². The number of rotatable bonds is 10. The fourth-order valence-corrected chi connectivity index (χ4v) is 2.36. The van der Waals surface area contributed by atoms with Crippen LogP contribution in [-0.2, 0) is 20.7 Å². The highest BCUT2D eigenvalue weighted by Crippen LogP contribution is 2.34. The van der Waals surface area contributed by atoms with Crippen LogP contribution in [0, 0.1) is 0 Å². The standard InChI is InChI=1S/C15H20Cl2O5/c1-20-14(19)4-3-11-9-12(16)15(13(17)10-11)22-8-7-21-6-2-5-18/h9-10,18H,2-8H2,1H3. The van der Waals surface area contributed by atoms with Crippen molar-refractivity contribution in [3.63, 3.8) is 0 Å². The Hall–Kier alpha value is -1.01. The van der Waals surface area contributed by atoms with Crippen LogP contribution >= 0.6 is 23.2 Å². The molecule has 0 spiro atoms. The van der Waals surface area contributed by atoms with Crippen LogP contribution in [-0.4, -0.2) is 44.6 Å². The first-order chi connectivity index (χ1) is 10.6. The van der Waals surface area contributed by atoms with E-state index in [9.17, 15) is 4.79 Å². The number of benzene rings is 1. The van der Waals surface area contributed by atoms with Gasteiger partial charge in [-0.3, -0.25) is 4.79 Å². The van der Waals surface area contributed by atoms with Gasteiger partial charge >= 0.3 is 5.97 Å². The fourth-order valence-electron chi connectivity index (χ4n) is 1.71. The van der Waals surface area contributed by atoms with Crippen LogP contribution < -0.4 is 4.74 Å². The molecule has 1 N–H and O–H groups in total. The molecular weight excluding hydrogens is 331 g/mol. The zero-order valence-corrected chi connectivity index (χ0v) is 14.0. The topological polar surface area (TPSA) is 65.0 Å². The molecule has 0 fully saturated rings. The number of aliphatic hydroxyl groups is 1. The van der Waals surface area contributed by atoms with E-state index in [2.05, 4.69) is 4.74 Å². The van der Waals surface area contributed by atoms with Crippen LogP contribution in [0.4, 0.5) is 0 Å². The van der Waals surface area contributed by atoms with Crippen molar-refractivity contribution in [3.05, 3.63) is 27.7 Å². The Morgan fingerprint density at radius 3 is 2.45 bits per heavy atom. The zero-order chi connectivity index (χ0) is 16.4. The van der Waals surface area contributed by atoms with Crippen molar-refractivity contribution in [1.82, 2.24) is 0 Å². The zero-order valence-electron chi connectivity index (χ0n) is 12.4. The van der Waals surface area contributed by atoms with Gasteiger partial charge < -0.3 is 19.3 Å². The lowest BCUT2D eigenvalue weighted by molar-refractivity contribution is -0.140. The highest BCUT2D eigenvalue weighted by Gasteiger charge is 2.11. The van der Waals surface area contributed by atoms with E-state index in [1.165, 1.54) is 7.11 Å². The van der Waals surface area contributed by atoms with Crippen LogP contribution in [0.25, 0.3) is 0 Å². The Morgan fingerprint density at radius 2 is 1.86 bits per heavy atom. The molecule has 1 aromatic carbocycles. The largest absolute Gasteiger partial charge is 0.488 e. The SMILES string of the molecule is COC(=O)CCc1cc(Cl)c(OCCOCCCO)c(Cl)c1. The molecule has 5 nitrogen and oxygen atoms in total. The van der Waals surface area contributed by atoms with E-state index >= 15 is 0 Å². The molecule has 0 aromatic heterocycles. The molecule has 7 heteroatoms. The average Bonchev–Trinajstić information content (AvgIpc) is 2.50. The van der Waals surface area contributed by atoms with E-state index in [1.54, 1.807) is 12.1 Å². The number of carbonyl (C=O) groups excluding carboxylic acids is 1. The third kappa shape index (κ3) is 6.83. The smallest absolute Gasteiger partial charge is 0.305 e. The van der Waals surface area contributed by atoms with Gasteiger partial charge in [-0.1, -0.05) is 23.2 Å². The summed E-state index contributed by atoms with van der Waals surface area (Å²) in [4.78, 5) is 11.1. The third-order valence-corrected chi connectivity index (χ3v) is 3.39. The Morgan fingerprint density at radius 1 is 1.18 bits per heavy atom. The molecule has 0 aliphatic heterocycles. The molecule has 1 aromatic rings. The molecular formula is C15H20Cl2O5. The minimum atomic E-state index is -0.285. The maximum Gasteiger partial charge on any atom is 0.305 e. The third-order valence-electron chi connectivity index (χ3n) is 2.82. The van der Waals surface area contributed by atoms with Crippen molar-refractivity contribution in [2.45, 2.75) is 19.3 Å². The highest BCUT2D eigenvalue weighted by atomic mass is 35.5. The number of ether oxygens (including phenoxy) is 3. The number of carbonyl (C=O) groups is 1. The number of esters is 1. The molecule has 0 bridgehead atoms. The number of hydrogen-bond donors (Lipinski definition) is 1. The van der Waals surface area contributed by atoms with Gasteiger partial charge in [-0.05, 0) is 30.5 Å². The van der Waals surface area contributed by atoms with E-state index in [0.717, 1.165) is 5.56 Å². The molecule has 0 heterocycles. The van der Waals surface area contributed by atoms with Crippen molar-refractivity contribution < 1.29 is 24.1 Å². The minimum absolute atomic E-state index is 0.103. The summed E-state index contributed by atoms with van der Waals surface area (Å²) in [6, 6.07) is 3.44. The predicted octanol–water partition coefficient (Wildman–Crippen LogP) is 2.88. The Kier molecular flexibility index (Phi) is 9.24. The monoisotopic (exact) mass is 350 g/mol. The lowest BCUT2D eigenvalue weighted by atomic mass is 10.1. The minimum Gasteiger partial charge on any atom is -0.488 e. The molecule has 0 amide bonds. The summed E-state index contributed by atoms with van der Waals surface area (Å²) in [5.74, 6) is 0.114. The van der Waals surface area contributed by atoms with E-state index in [0.29, 0.717) is 48.5 Å². The molecule has 124 valence electrons. The summed E-state index contributed by atoms with van der Waals surface area (Å²) >= 11 is 12.3. The second-order valence-corrected chi connectivity index (χ2v) is 5.32. The second kappa shape index (κ2) is 10.7. The molecule has 0 aliphatic carbocycles. The van der Waals surface area contributed by atoms with Crippen LogP contribution in [0.5, 0.6) is 5.75 Å². The van der Waals surface area contributed by atoms with Crippen molar-refractivity contribution in [3.8, 4) is 5.75 Å². The van der Waals surface area contributed by atoms with Gasteiger partial charge in [-0.2, -0.15) is 0 Å². The normalized spacial score (nSPS) is 10.5. The summed E-state index contributed by atoms with van der Waals surface area (Å²) < 4.78 is 15.4. The number of methoxy groups -OCH3 is 1. The van der Waals surface area contributed by atoms with Crippen LogP contribution in [0.2, 0.25) is 10.0 Å². The van der Waals surface area contributed by atoms with Gasteiger partial charge in [-0.25, -0.2) is 0 Å². The molecule has 22 heavy (non-hydrogen) atoms. The molecule has 0 aliphatic rings. The number of aliphatic hydroxyl groups excluding tert-OH is 1. The molecule has 0 saturated carbocycles. The van der Waals surface area contributed by atoms with Crippen molar-refractivity contribution in [2.75, 3.05) is 33.5 Å². The summed E-state index contributed by atoms with van der Waals surface area (Å²) in [6.45, 7) is 1.28. The van der Waals surface area contributed by atoms with Crippen LogP contribution in [0.15, 0.2) is 12.1 Å². The quantitative estimate of drug-likeness (QED) is 0.519. The van der Waals surface area contributed by atoms with Crippen LogP contribution in [0.1, 0.15) is 18.4 Å². The first-order valence-corrected chi connectivity index (χ1v) is 7.70. The first-order valence-electron chi connectivity index (χ1n) is 6.94. The Bertz CT molecular complexity index is 456. The molecule has 0 radical (unpaired) electrons. The molecule has 0 saturated heterocycles. The van der Waals surface area contributed by atoms with E-state index in [-0.39, 0.29) is 19.0 Å². The second-order valence-electron chi connectivity index (χ2n) is 4.50. The average molecular weight is 351 g/mol. The van der Waals surface area contributed by atoms with Crippen molar-refractivity contribution in [1.29, 1.82) is 0 Å². The van der Waals surface area contributed by atoms with E-state index in [1.807, 2.05) is 0 Å². The van der Waals surface area contributed by atoms with E-state index in [4.69, 9.17) is 37.8 Å². The van der Waals surface area contributed by atoms with Gasteiger partial charge in [0, 0.05) is 19.6 Å².